The highest BCUT2D eigenvalue weighted by Gasteiger charge is 2.30. The molecule has 0 aromatic carbocycles. The van der Waals surface area contributed by atoms with Crippen molar-refractivity contribution in [3.8, 4) is 0 Å². The highest BCUT2D eigenvalue weighted by atomic mass is 16.5. The van der Waals surface area contributed by atoms with Gasteiger partial charge in [-0.3, -0.25) is 9.59 Å². The van der Waals surface area contributed by atoms with E-state index in [4.69, 9.17) is 4.74 Å². The third-order valence-electron chi connectivity index (χ3n) is 3.44. The largest absolute Gasteiger partial charge is 0.458 e. The van der Waals surface area contributed by atoms with Crippen LogP contribution in [0, 0.1) is 5.41 Å². The molecule has 0 amide bonds. The summed E-state index contributed by atoms with van der Waals surface area (Å²) in [6.07, 6.45) is 6.36. The molecule has 0 aliphatic heterocycles. The van der Waals surface area contributed by atoms with Crippen LogP contribution in [0.25, 0.3) is 0 Å². The number of unbranched alkanes of at least 4 members (excludes halogenated alkanes) is 3. The van der Waals surface area contributed by atoms with Crippen LogP contribution in [0.3, 0.4) is 0 Å². The monoisotopic (exact) mass is 242 g/mol. The predicted molar refractivity (Wildman–Crippen MR) is 68.8 cm³/mol. The van der Waals surface area contributed by atoms with E-state index in [1.54, 1.807) is 0 Å². The molecular weight excluding hydrogens is 216 g/mol. The molecule has 0 bridgehead atoms. The average molecular weight is 242 g/mol. The van der Waals surface area contributed by atoms with Crippen molar-refractivity contribution in [1.82, 2.24) is 0 Å². The van der Waals surface area contributed by atoms with E-state index in [1.807, 2.05) is 13.8 Å². The first-order chi connectivity index (χ1) is 7.96. The molecule has 0 aromatic rings. The molecule has 3 nitrogen and oxygen atoms in total. The number of Topliss-reactive ketones (excluding diaryl/α,β-unsaturated/α-hetero) is 1. The summed E-state index contributed by atoms with van der Waals surface area (Å²) in [4.78, 5) is 22.7. The van der Waals surface area contributed by atoms with Gasteiger partial charge in [0, 0.05) is 12.3 Å². The second-order valence-electron chi connectivity index (χ2n) is 4.93. The normalized spacial score (nSPS) is 14.1. The summed E-state index contributed by atoms with van der Waals surface area (Å²) >= 11 is 0. The molecule has 1 unspecified atom stereocenters. The zero-order valence-corrected chi connectivity index (χ0v) is 11.7. The van der Waals surface area contributed by atoms with Crippen LogP contribution >= 0.6 is 0 Å². The van der Waals surface area contributed by atoms with E-state index in [9.17, 15) is 9.59 Å². The van der Waals surface area contributed by atoms with Gasteiger partial charge in [0.25, 0.3) is 0 Å². The Morgan fingerprint density at radius 1 is 1.12 bits per heavy atom. The molecule has 0 aromatic heterocycles. The van der Waals surface area contributed by atoms with Crippen LogP contribution < -0.4 is 0 Å². The maximum atomic E-state index is 12.0. The van der Waals surface area contributed by atoms with Gasteiger partial charge in [-0.1, -0.05) is 46.5 Å². The SMILES string of the molecule is CCCCCCC(C)(CC)C(=O)COC(C)=O. The van der Waals surface area contributed by atoms with Gasteiger partial charge < -0.3 is 4.74 Å². The van der Waals surface area contributed by atoms with Crippen LogP contribution in [0.15, 0.2) is 0 Å². The predicted octanol–water partition coefficient (Wildman–Crippen LogP) is 3.51. The second-order valence-corrected chi connectivity index (χ2v) is 4.93. The van der Waals surface area contributed by atoms with Gasteiger partial charge in [0.15, 0.2) is 12.4 Å². The fraction of sp³-hybridized carbons (Fsp3) is 0.857. The topological polar surface area (TPSA) is 43.4 Å². The molecule has 3 heteroatoms. The van der Waals surface area contributed by atoms with E-state index >= 15 is 0 Å². The Kier molecular flexibility index (Phi) is 7.85. The maximum absolute atomic E-state index is 12.0. The number of esters is 1. The van der Waals surface area contributed by atoms with Crippen LogP contribution in [0.2, 0.25) is 0 Å². The van der Waals surface area contributed by atoms with Crippen molar-refractivity contribution < 1.29 is 14.3 Å². The summed E-state index contributed by atoms with van der Waals surface area (Å²) in [7, 11) is 0. The van der Waals surface area contributed by atoms with Gasteiger partial charge in [-0.15, -0.1) is 0 Å². The van der Waals surface area contributed by atoms with Crippen LogP contribution in [-0.2, 0) is 14.3 Å². The maximum Gasteiger partial charge on any atom is 0.303 e. The quantitative estimate of drug-likeness (QED) is 0.459. The minimum absolute atomic E-state index is 0.0479. The smallest absolute Gasteiger partial charge is 0.303 e. The average Bonchev–Trinajstić information content (AvgIpc) is 2.31. The van der Waals surface area contributed by atoms with E-state index in [-0.39, 0.29) is 23.8 Å². The number of ketones is 1. The molecule has 0 heterocycles. The minimum Gasteiger partial charge on any atom is -0.458 e. The van der Waals surface area contributed by atoms with Crippen LogP contribution in [0.5, 0.6) is 0 Å². The number of carbonyl (C=O) groups excluding carboxylic acids is 2. The zero-order valence-electron chi connectivity index (χ0n) is 11.7. The van der Waals surface area contributed by atoms with Crippen molar-refractivity contribution >= 4 is 11.8 Å². The molecule has 100 valence electrons. The van der Waals surface area contributed by atoms with Gasteiger partial charge in [-0.05, 0) is 12.8 Å². The lowest BCUT2D eigenvalue weighted by Crippen LogP contribution is -2.31. The Hall–Kier alpha value is -0.860. The molecule has 0 saturated heterocycles. The van der Waals surface area contributed by atoms with Gasteiger partial charge in [0.2, 0.25) is 0 Å². The van der Waals surface area contributed by atoms with Crippen LogP contribution in [-0.4, -0.2) is 18.4 Å². The zero-order chi connectivity index (χ0) is 13.3. The van der Waals surface area contributed by atoms with Gasteiger partial charge in [-0.25, -0.2) is 0 Å². The third kappa shape index (κ3) is 6.44. The van der Waals surface area contributed by atoms with Crippen molar-refractivity contribution in [1.29, 1.82) is 0 Å². The van der Waals surface area contributed by atoms with Crippen LogP contribution in [0.1, 0.15) is 66.2 Å². The Morgan fingerprint density at radius 3 is 2.24 bits per heavy atom. The number of ether oxygens (including phenoxy) is 1. The van der Waals surface area contributed by atoms with E-state index in [0.29, 0.717) is 0 Å². The number of carbonyl (C=O) groups is 2. The first-order valence-electron chi connectivity index (χ1n) is 6.63. The summed E-state index contributed by atoms with van der Waals surface area (Å²) in [5.41, 5.74) is -0.330. The highest BCUT2D eigenvalue weighted by molar-refractivity contribution is 5.87. The lowest BCUT2D eigenvalue weighted by Gasteiger charge is -2.26. The van der Waals surface area contributed by atoms with Crippen molar-refractivity contribution in [3.63, 3.8) is 0 Å². The molecule has 0 spiro atoms. The molecule has 0 radical (unpaired) electrons. The van der Waals surface area contributed by atoms with Gasteiger partial charge >= 0.3 is 5.97 Å². The number of hydrogen-bond donors (Lipinski definition) is 0. The Morgan fingerprint density at radius 2 is 1.76 bits per heavy atom. The summed E-state index contributed by atoms with van der Waals surface area (Å²) in [5.74, 6) is -0.338. The third-order valence-corrected chi connectivity index (χ3v) is 3.44. The van der Waals surface area contributed by atoms with Crippen molar-refractivity contribution in [2.24, 2.45) is 5.41 Å². The molecule has 0 aliphatic rings. The lowest BCUT2D eigenvalue weighted by molar-refractivity contribution is -0.149. The summed E-state index contributed by atoms with van der Waals surface area (Å²) in [6, 6.07) is 0. The fourth-order valence-electron chi connectivity index (χ4n) is 1.80. The highest BCUT2D eigenvalue weighted by Crippen LogP contribution is 2.29. The number of rotatable bonds is 9. The summed E-state index contributed by atoms with van der Waals surface area (Å²) in [6.45, 7) is 7.42. The minimum atomic E-state index is -0.386. The fourth-order valence-corrected chi connectivity index (χ4v) is 1.80. The van der Waals surface area contributed by atoms with Gasteiger partial charge in [0.05, 0.1) is 0 Å². The standard InChI is InChI=1S/C14H26O3/c1-5-7-8-9-10-14(4,6-2)13(16)11-17-12(3)15/h5-11H2,1-4H3. The first-order valence-corrected chi connectivity index (χ1v) is 6.63. The Balaban J connectivity index is 4.14. The molecule has 17 heavy (non-hydrogen) atoms. The molecule has 0 aliphatic carbocycles. The van der Waals surface area contributed by atoms with Gasteiger partial charge in [0.1, 0.15) is 0 Å². The van der Waals surface area contributed by atoms with E-state index in [0.717, 1.165) is 19.3 Å². The van der Waals surface area contributed by atoms with E-state index in [1.165, 1.54) is 26.2 Å². The van der Waals surface area contributed by atoms with Crippen molar-refractivity contribution in [2.45, 2.75) is 66.2 Å². The molecule has 0 N–H and O–H groups in total. The van der Waals surface area contributed by atoms with Crippen molar-refractivity contribution in [2.75, 3.05) is 6.61 Å². The number of hydrogen-bond acceptors (Lipinski definition) is 3. The van der Waals surface area contributed by atoms with Crippen LogP contribution in [0.4, 0.5) is 0 Å². The Bertz CT molecular complexity index is 248. The lowest BCUT2D eigenvalue weighted by atomic mass is 9.78. The molecule has 0 rings (SSSR count). The van der Waals surface area contributed by atoms with E-state index in [2.05, 4.69) is 6.92 Å². The van der Waals surface area contributed by atoms with E-state index < -0.39 is 0 Å². The second kappa shape index (κ2) is 8.26. The summed E-state index contributed by atoms with van der Waals surface area (Å²) in [5, 5.41) is 0. The molecule has 0 saturated carbocycles. The molecule has 0 fully saturated rings. The first kappa shape index (κ1) is 16.1. The van der Waals surface area contributed by atoms with Crippen molar-refractivity contribution in [3.05, 3.63) is 0 Å². The Labute approximate surface area is 105 Å². The summed E-state index contributed by atoms with van der Waals surface area (Å²) < 4.78 is 4.79. The van der Waals surface area contributed by atoms with Gasteiger partial charge in [-0.2, -0.15) is 0 Å². The molecule has 1 atom stereocenters. The molecular formula is C14H26O3.